The third-order valence-electron chi connectivity index (χ3n) is 4.57. The molecule has 1 amide bonds. The first-order valence-corrected chi connectivity index (χ1v) is 8.83. The Morgan fingerprint density at radius 2 is 2.19 bits per heavy atom. The average molecular weight is 375 g/mol. The number of carbonyl (C=O) groups is 2. The summed E-state index contributed by atoms with van der Waals surface area (Å²) in [6.45, 7) is 4.19. The molecule has 3 rings (SSSR count). The van der Waals surface area contributed by atoms with Gasteiger partial charge in [-0.25, -0.2) is 0 Å². The molecule has 1 aliphatic heterocycles. The monoisotopic (exact) mass is 375 g/mol. The maximum absolute atomic E-state index is 12.9. The van der Waals surface area contributed by atoms with E-state index in [1.54, 1.807) is 9.58 Å². The van der Waals surface area contributed by atoms with Crippen LogP contribution in [0.3, 0.4) is 0 Å². The molecule has 1 unspecified atom stereocenters. The normalized spacial score (nSPS) is 16.6. The number of likely N-dealkylation sites (N-methyl/N-ethyl adjacent to an activating group) is 1. The minimum Gasteiger partial charge on any atom is -0.379 e. The fourth-order valence-electron chi connectivity index (χ4n) is 3.16. The number of aromatic nitrogens is 5. The summed E-state index contributed by atoms with van der Waals surface area (Å²) in [5.74, 6) is -0.424. The van der Waals surface area contributed by atoms with Gasteiger partial charge in [0.1, 0.15) is 17.1 Å². The second-order valence-corrected chi connectivity index (χ2v) is 7.03. The van der Waals surface area contributed by atoms with E-state index in [1.165, 1.54) is 13.0 Å². The van der Waals surface area contributed by atoms with Gasteiger partial charge in [-0.1, -0.05) is 5.21 Å². The molecule has 0 bridgehead atoms. The third kappa shape index (κ3) is 4.22. The molecule has 2 aromatic heterocycles. The Morgan fingerprint density at radius 3 is 2.85 bits per heavy atom. The van der Waals surface area contributed by atoms with Crippen LogP contribution < -0.4 is 0 Å². The molecular formula is C17H25N7O3. The van der Waals surface area contributed by atoms with Crippen molar-refractivity contribution in [1.82, 2.24) is 35.0 Å². The molecule has 1 aliphatic rings. The number of ether oxygens (including phenoxy) is 1. The minimum atomic E-state index is -0.218. The van der Waals surface area contributed by atoms with E-state index < -0.39 is 0 Å². The number of aromatic amines is 1. The molecule has 10 nitrogen and oxygen atoms in total. The maximum atomic E-state index is 12.9. The van der Waals surface area contributed by atoms with Crippen molar-refractivity contribution in [2.75, 3.05) is 40.4 Å². The number of nitrogens with one attached hydrogen (secondary N) is 1. The van der Waals surface area contributed by atoms with E-state index in [-0.39, 0.29) is 23.3 Å². The predicted octanol–water partition coefficient (Wildman–Crippen LogP) is 0.0586. The standard InChI is InChI=1S/C17H25N7O3/c1-11(25)13-7-14(19-18-13)17(26)24-8-12(10-27-6-5-22(2)3)16-15(9-24)20-21-23(16)4/h7,12H,5-6,8-10H2,1-4H3,(H,18,19). The van der Waals surface area contributed by atoms with Crippen LogP contribution >= 0.6 is 0 Å². The number of amides is 1. The van der Waals surface area contributed by atoms with Gasteiger partial charge in [-0.2, -0.15) is 5.10 Å². The van der Waals surface area contributed by atoms with Crippen molar-refractivity contribution in [1.29, 1.82) is 0 Å². The Hall–Kier alpha value is -2.59. The molecule has 0 saturated carbocycles. The molecule has 2 aromatic rings. The van der Waals surface area contributed by atoms with Crippen LogP contribution in [-0.4, -0.2) is 87.1 Å². The van der Waals surface area contributed by atoms with Crippen molar-refractivity contribution in [2.45, 2.75) is 19.4 Å². The molecule has 3 heterocycles. The van der Waals surface area contributed by atoms with Gasteiger partial charge in [0.15, 0.2) is 5.78 Å². The number of ketones is 1. The number of aryl methyl sites for hydroxylation is 1. The number of rotatable bonds is 7. The molecule has 10 heteroatoms. The van der Waals surface area contributed by atoms with E-state index in [2.05, 4.69) is 25.4 Å². The first-order chi connectivity index (χ1) is 12.9. The van der Waals surface area contributed by atoms with Crippen LogP contribution in [0.4, 0.5) is 0 Å². The van der Waals surface area contributed by atoms with Gasteiger partial charge >= 0.3 is 0 Å². The van der Waals surface area contributed by atoms with Crippen LogP contribution in [-0.2, 0) is 18.3 Å². The van der Waals surface area contributed by atoms with Crippen molar-refractivity contribution >= 4 is 11.7 Å². The Morgan fingerprint density at radius 1 is 1.41 bits per heavy atom. The van der Waals surface area contributed by atoms with Crippen molar-refractivity contribution < 1.29 is 14.3 Å². The Balaban J connectivity index is 1.74. The van der Waals surface area contributed by atoms with Crippen molar-refractivity contribution in [3.8, 4) is 0 Å². The molecule has 0 aliphatic carbocycles. The molecule has 0 saturated heterocycles. The van der Waals surface area contributed by atoms with Crippen LogP contribution in [0.1, 0.15) is 45.2 Å². The van der Waals surface area contributed by atoms with Crippen LogP contribution in [0.5, 0.6) is 0 Å². The lowest BCUT2D eigenvalue weighted by Gasteiger charge is -2.32. The first-order valence-electron chi connectivity index (χ1n) is 8.83. The third-order valence-corrected chi connectivity index (χ3v) is 4.57. The SMILES string of the molecule is CC(=O)c1cc(C(=O)N2Cc3nnn(C)c3C(COCCN(C)C)C2)[nH]n1. The number of Topliss-reactive ketones (excluding diaryl/α,β-unsaturated/α-hetero) is 1. The molecule has 0 fully saturated rings. The van der Waals surface area contributed by atoms with Gasteiger partial charge in [-0.3, -0.25) is 19.4 Å². The van der Waals surface area contributed by atoms with E-state index in [1.807, 2.05) is 21.1 Å². The Bertz CT molecular complexity index is 826. The van der Waals surface area contributed by atoms with E-state index in [9.17, 15) is 9.59 Å². The fraction of sp³-hybridized carbons (Fsp3) is 0.588. The van der Waals surface area contributed by atoms with Crippen molar-refractivity contribution in [3.05, 3.63) is 28.8 Å². The van der Waals surface area contributed by atoms with E-state index in [0.29, 0.717) is 32.0 Å². The highest BCUT2D eigenvalue weighted by molar-refractivity contribution is 5.97. The lowest BCUT2D eigenvalue weighted by molar-refractivity contribution is 0.0608. The molecule has 0 spiro atoms. The van der Waals surface area contributed by atoms with Crippen LogP contribution in [0.2, 0.25) is 0 Å². The lowest BCUT2D eigenvalue weighted by Crippen LogP contribution is -2.40. The van der Waals surface area contributed by atoms with Gasteiger partial charge in [-0.05, 0) is 20.2 Å². The van der Waals surface area contributed by atoms with Gasteiger partial charge in [0.25, 0.3) is 5.91 Å². The summed E-state index contributed by atoms with van der Waals surface area (Å²) < 4.78 is 7.57. The highest BCUT2D eigenvalue weighted by Crippen LogP contribution is 2.27. The number of H-pyrrole nitrogens is 1. The predicted molar refractivity (Wildman–Crippen MR) is 96.4 cm³/mol. The number of hydrogen-bond donors (Lipinski definition) is 1. The van der Waals surface area contributed by atoms with E-state index >= 15 is 0 Å². The zero-order chi connectivity index (χ0) is 19.6. The second kappa shape index (κ2) is 7.97. The smallest absolute Gasteiger partial charge is 0.272 e. The molecule has 0 radical (unpaired) electrons. The van der Waals surface area contributed by atoms with Gasteiger partial charge in [-0.15, -0.1) is 5.10 Å². The highest BCUT2D eigenvalue weighted by Gasteiger charge is 2.33. The van der Waals surface area contributed by atoms with Crippen LogP contribution in [0, 0.1) is 0 Å². The van der Waals surface area contributed by atoms with Gasteiger partial charge in [0.2, 0.25) is 0 Å². The summed E-state index contributed by atoms with van der Waals surface area (Å²) in [7, 11) is 5.84. The average Bonchev–Trinajstić information content (AvgIpc) is 3.25. The molecule has 146 valence electrons. The number of hydrogen-bond acceptors (Lipinski definition) is 7. The Kier molecular flexibility index (Phi) is 5.66. The highest BCUT2D eigenvalue weighted by atomic mass is 16.5. The summed E-state index contributed by atoms with van der Waals surface area (Å²) in [5.41, 5.74) is 2.31. The molecule has 1 N–H and O–H groups in total. The van der Waals surface area contributed by atoms with E-state index in [0.717, 1.165) is 17.9 Å². The number of carbonyl (C=O) groups excluding carboxylic acids is 2. The van der Waals surface area contributed by atoms with Crippen molar-refractivity contribution in [2.24, 2.45) is 7.05 Å². The van der Waals surface area contributed by atoms with Gasteiger partial charge in [0.05, 0.1) is 25.5 Å². The zero-order valence-corrected chi connectivity index (χ0v) is 16.1. The number of nitrogens with zero attached hydrogens (tertiary/aromatic N) is 6. The van der Waals surface area contributed by atoms with E-state index in [4.69, 9.17) is 4.74 Å². The van der Waals surface area contributed by atoms with Crippen molar-refractivity contribution in [3.63, 3.8) is 0 Å². The summed E-state index contributed by atoms with van der Waals surface area (Å²) in [5, 5.41) is 14.8. The Labute approximate surface area is 157 Å². The topological polar surface area (TPSA) is 109 Å². The summed E-state index contributed by atoms with van der Waals surface area (Å²) in [6.07, 6.45) is 0. The van der Waals surface area contributed by atoms with Gasteiger partial charge in [0, 0.05) is 33.0 Å². The summed E-state index contributed by atoms with van der Waals surface area (Å²) >= 11 is 0. The minimum absolute atomic E-state index is 0.0185. The summed E-state index contributed by atoms with van der Waals surface area (Å²) in [4.78, 5) is 28.0. The van der Waals surface area contributed by atoms with Gasteiger partial charge < -0.3 is 14.5 Å². The largest absolute Gasteiger partial charge is 0.379 e. The fourth-order valence-corrected chi connectivity index (χ4v) is 3.16. The molecule has 27 heavy (non-hydrogen) atoms. The molecule has 1 atom stereocenters. The summed E-state index contributed by atoms with van der Waals surface area (Å²) in [6, 6.07) is 1.49. The molecular weight excluding hydrogens is 350 g/mol. The first kappa shape index (κ1) is 19.2. The van der Waals surface area contributed by atoms with Crippen LogP contribution in [0.25, 0.3) is 0 Å². The van der Waals surface area contributed by atoms with Crippen LogP contribution in [0.15, 0.2) is 6.07 Å². The maximum Gasteiger partial charge on any atom is 0.272 e. The quantitative estimate of drug-likeness (QED) is 0.538. The zero-order valence-electron chi connectivity index (χ0n) is 16.1. The second-order valence-electron chi connectivity index (χ2n) is 7.03. The molecule has 0 aromatic carbocycles. The number of fused-ring (bicyclic) bond motifs is 1. The lowest BCUT2D eigenvalue weighted by atomic mass is 9.98.